The van der Waals surface area contributed by atoms with Gasteiger partial charge in [0.1, 0.15) is 0 Å². The lowest BCUT2D eigenvalue weighted by Gasteiger charge is -2.09. The Morgan fingerprint density at radius 1 is 1.14 bits per heavy atom. The number of urea groups is 1. The van der Waals surface area contributed by atoms with Crippen molar-refractivity contribution in [1.29, 1.82) is 0 Å². The third kappa shape index (κ3) is 4.96. The Morgan fingerprint density at radius 2 is 1.95 bits per heavy atom. The predicted octanol–water partition coefficient (Wildman–Crippen LogP) is 4.67. The molecule has 21 heavy (non-hydrogen) atoms. The van der Waals surface area contributed by atoms with Gasteiger partial charge in [0.15, 0.2) is 0 Å². The Kier molecular flexibility index (Phi) is 5.48. The van der Waals surface area contributed by atoms with Crippen molar-refractivity contribution in [2.24, 2.45) is 0 Å². The van der Waals surface area contributed by atoms with Crippen molar-refractivity contribution < 1.29 is 4.79 Å². The van der Waals surface area contributed by atoms with E-state index in [9.17, 15) is 4.79 Å². The first-order valence-corrected chi connectivity index (χ1v) is 7.35. The van der Waals surface area contributed by atoms with Gasteiger partial charge < -0.3 is 10.6 Å². The number of hydrogen-bond donors (Lipinski definition) is 2. The first kappa shape index (κ1) is 15.7. The van der Waals surface area contributed by atoms with Gasteiger partial charge >= 0.3 is 6.03 Å². The molecule has 2 amide bonds. The molecular formula is C16H16Cl2N2O. The van der Waals surface area contributed by atoms with E-state index in [1.807, 2.05) is 43.3 Å². The molecule has 5 heteroatoms. The summed E-state index contributed by atoms with van der Waals surface area (Å²) in [5, 5.41) is 6.88. The zero-order chi connectivity index (χ0) is 15.2. The van der Waals surface area contributed by atoms with Gasteiger partial charge in [0.25, 0.3) is 0 Å². The molecule has 0 aliphatic heterocycles. The highest BCUT2D eigenvalue weighted by Gasteiger charge is 2.03. The SMILES string of the molecule is Cc1ccc(NC(=O)NCCc2cccc(Cl)c2)cc1Cl. The van der Waals surface area contributed by atoms with Crippen LogP contribution in [0.25, 0.3) is 0 Å². The van der Waals surface area contributed by atoms with Crippen molar-refractivity contribution in [3.63, 3.8) is 0 Å². The Balaban J connectivity index is 1.81. The molecule has 2 N–H and O–H groups in total. The minimum atomic E-state index is -0.253. The molecule has 0 heterocycles. The number of halogens is 2. The summed E-state index contributed by atoms with van der Waals surface area (Å²) in [5.41, 5.74) is 2.73. The van der Waals surface area contributed by atoms with E-state index >= 15 is 0 Å². The average molecular weight is 323 g/mol. The summed E-state index contributed by atoms with van der Waals surface area (Å²) >= 11 is 11.9. The Labute approximate surface area is 134 Å². The summed E-state index contributed by atoms with van der Waals surface area (Å²) in [7, 11) is 0. The van der Waals surface area contributed by atoms with Crippen LogP contribution >= 0.6 is 23.2 Å². The van der Waals surface area contributed by atoms with Crippen LogP contribution in [0.2, 0.25) is 10.0 Å². The minimum absolute atomic E-state index is 0.253. The summed E-state index contributed by atoms with van der Waals surface area (Å²) in [5.74, 6) is 0. The topological polar surface area (TPSA) is 41.1 Å². The van der Waals surface area contributed by atoms with E-state index in [0.717, 1.165) is 17.5 Å². The molecule has 110 valence electrons. The smallest absolute Gasteiger partial charge is 0.319 e. The first-order valence-electron chi connectivity index (χ1n) is 6.60. The lowest BCUT2D eigenvalue weighted by Crippen LogP contribution is -2.30. The minimum Gasteiger partial charge on any atom is -0.338 e. The zero-order valence-electron chi connectivity index (χ0n) is 11.6. The van der Waals surface area contributed by atoms with Crippen molar-refractivity contribution in [1.82, 2.24) is 5.32 Å². The van der Waals surface area contributed by atoms with E-state index < -0.39 is 0 Å². The van der Waals surface area contributed by atoms with Crippen molar-refractivity contribution in [2.45, 2.75) is 13.3 Å². The van der Waals surface area contributed by atoms with Crippen LogP contribution in [-0.2, 0) is 6.42 Å². The molecule has 0 aliphatic carbocycles. The van der Waals surface area contributed by atoms with Gasteiger partial charge in [-0.05, 0) is 48.7 Å². The molecule has 2 aromatic carbocycles. The average Bonchev–Trinajstić information content (AvgIpc) is 2.43. The molecule has 0 unspecified atom stereocenters. The van der Waals surface area contributed by atoms with Gasteiger partial charge in [-0.25, -0.2) is 4.79 Å². The third-order valence-electron chi connectivity index (χ3n) is 3.02. The van der Waals surface area contributed by atoms with Crippen LogP contribution in [0.15, 0.2) is 42.5 Å². The van der Waals surface area contributed by atoms with Gasteiger partial charge in [-0.2, -0.15) is 0 Å². The highest BCUT2D eigenvalue weighted by Crippen LogP contribution is 2.19. The zero-order valence-corrected chi connectivity index (χ0v) is 13.1. The van der Waals surface area contributed by atoms with E-state index in [2.05, 4.69) is 10.6 Å². The van der Waals surface area contributed by atoms with Crippen LogP contribution < -0.4 is 10.6 Å². The van der Waals surface area contributed by atoms with Crippen LogP contribution in [-0.4, -0.2) is 12.6 Å². The number of rotatable bonds is 4. The number of carbonyl (C=O) groups excluding carboxylic acids is 1. The number of amides is 2. The second-order valence-electron chi connectivity index (χ2n) is 4.72. The fourth-order valence-electron chi connectivity index (χ4n) is 1.86. The van der Waals surface area contributed by atoms with Gasteiger partial charge in [0.05, 0.1) is 0 Å². The van der Waals surface area contributed by atoms with Gasteiger partial charge in [0.2, 0.25) is 0 Å². The number of hydrogen-bond acceptors (Lipinski definition) is 1. The number of carbonyl (C=O) groups is 1. The molecule has 0 aliphatic rings. The summed E-state index contributed by atoms with van der Waals surface area (Å²) < 4.78 is 0. The molecule has 0 saturated heterocycles. The van der Waals surface area contributed by atoms with Gasteiger partial charge in [-0.3, -0.25) is 0 Å². The number of aryl methyl sites for hydroxylation is 1. The maximum absolute atomic E-state index is 11.8. The highest BCUT2D eigenvalue weighted by molar-refractivity contribution is 6.31. The van der Waals surface area contributed by atoms with E-state index in [1.54, 1.807) is 6.07 Å². The fourth-order valence-corrected chi connectivity index (χ4v) is 2.25. The molecule has 3 nitrogen and oxygen atoms in total. The second-order valence-corrected chi connectivity index (χ2v) is 5.57. The molecular weight excluding hydrogens is 307 g/mol. The lowest BCUT2D eigenvalue weighted by atomic mass is 10.1. The summed E-state index contributed by atoms with van der Waals surface area (Å²) in [6.07, 6.45) is 0.725. The van der Waals surface area contributed by atoms with Crippen molar-refractivity contribution in [3.8, 4) is 0 Å². The van der Waals surface area contributed by atoms with Crippen molar-refractivity contribution >= 4 is 34.9 Å². The number of benzene rings is 2. The molecule has 0 saturated carbocycles. The second kappa shape index (κ2) is 7.34. The molecule has 0 bridgehead atoms. The monoisotopic (exact) mass is 322 g/mol. The van der Waals surface area contributed by atoms with Crippen molar-refractivity contribution in [3.05, 3.63) is 63.6 Å². The van der Waals surface area contributed by atoms with Crippen LogP contribution in [0.3, 0.4) is 0 Å². The molecule has 0 spiro atoms. The van der Waals surface area contributed by atoms with Crippen LogP contribution in [0, 0.1) is 6.92 Å². The molecule has 2 aromatic rings. The summed E-state index contributed by atoms with van der Waals surface area (Å²) in [6.45, 7) is 2.45. The number of nitrogens with one attached hydrogen (secondary N) is 2. The summed E-state index contributed by atoms with van der Waals surface area (Å²) in [6, 6.07) is 12.7. The maximum atomic E-state index is 11.8. The van der Waals surface area contributed by atoms with E-state index in [0.29, 0.717) is 22.3 Å². The first-order chi connectivity index (χ1) is 10.0. The maximum Gasteiger partial charge on any atom is 0.319 e. The van der Waals surface area contributed by atoms with Crippen LogP contribution in [0.1, 0.15) is 11.1 Å². The highest BCUT2D eigenvalue weighted by atomic mass is 35.5. The van der Waals surface area contributed by atoms with Gasteiger partial charge in [-0.1, -0.05) is 41.4 Å². The van der Waals surface area contributed by atoms with Gasteiger partial charge in [-0.15, -0.1) is 0 Å². The van der Waals surface area contributed by atoms with Gasteiger partial charge in [0, 0.05) is 22.3 Å². The molecule has 0 fully saturated rings. The Morgan fingerprint density at radius 3 is 2.67 bits per heavy atom. The van der Waals surface area contributed by atoms with Crippen LogP contribution in [0.4, 0.5) is 10.5 Å². The largest absolute Gasteiger partial charge is 0.338 e. The quantitative estimate of drug-likeness (QED) is 0.844. The third-order valence-corrected chi connectivity index (χ3v) is 3.66. The lowest BCUT2D eigenvalue weighted by molar-refractivity contribution is 0.252. The predicted molar refractivity (Wildman–Crippen MR) is 88.4 cm³/mol. The van der Waals surface area contributed by atoms with E-state index in [4.69, 9.17) is 23.2 Å². The molecule has 0 radical (unpaired) electrons. The molecule has 0 aromatic heterocycles. The fraction of sp³-hybridized carbons (Fsp3) is 0.188. The summed E-state index contributed by atoms with van der Waals surface area (Å²) in [4.78, 5) is 11.8. The van der Waals surface area contributed by atoms with E-state index in [1.165, 1.54) is 0 Å². The number of anilines is 1. The van der Waals surface area contributed by atoms with Crippen molar-refractivity contribution in [2.75, 3.05) is 11.9 Å². The van der Waals surface area contributed by atoms with E-state index in [-0.39, 0.29) is 6.03 Å². The van der Waals surface area contributed by atoms with Crippen LogP contribution in [0.5, 0.6) is 0 Å². The Bertz CT molecular complexity index is 644. The standard InChI is InChI=1S/C16H16Cl2N2O/c1-11-5-6-14(10-15(11)18)20-16(21)19-8-7-12-3-2-4-13(17)9-12/h2-6,9-10H,7-8H2,1H3,(H2,19,20,21). The molecule has 0 atom stereocenters. The Hall–Kier alpha value is -1.71. The molecule has 2 rings (SSSR count). The normalized spacial score (nSPS) is 10.2.